The minimum Gasteiger partial charge on any atom is -0.327 e. The lowest BCUT2D eigenvalue weighted by atomic mass is 10.4. The van der Waals surface area contributed by atoms with E-state index in [1.807, 2.05) is 14.0 Å². The van der Waals surface area contributed by atoms with Crippen LogP contribution in [0.2, 0.25) is 0 Å². The predicted molar refractivity (Wildman–Crippen MR) is 42.1 cm³/mol. The molecule has 0 spiro atoms. The largest absolute Gasteiger partial charge is 0.327 e. The normalized spacial score (nSPS) is 10.9. The van der Waals surface area contributed by atoms with Crippen molar-refractivity contribution in [3.8, 4) is 0 Å². The zero-order valence-corrected chi connectivity index (χ0v) is 6.81. The monoisotopic (exact) mass is 160 g/mol. The van der Waals surface area contributed by atoms with Crippen LogP contribution in [0.25, 0.3) is 0 Å². The second kappa shape index (κ2) is 10.5. The smallest absolute Gasteiger partial charge is 0.0136 e. The Balaban J connectivity index is -0.000000125. The number of nitrogens with one attached hydrogen (secondary N) is 1. The van der Waals surface area contributed by atoms with Gasteiger partial charge in [-0.3, -0.25) is 0 Å². The van der Waals surface area contributed by atoms with Gasteiger partial charge in [0.15, 0.2) is 0 Å². The Morgan fingerprint density at radius 2 is 1.88 bits per heavy atom. The fraction of sp³-hybridized carbons (Fsp3) is 1.00. The fourth-order valence-corrected chi connectivity index (χ4v) is 0.322. The van der Waals surface area contributed by atoms with Crippen molar-refractivity contribution in [2.75, 3.05) is 13.6 Å². The van der Waals surface area contributed by atoms with E-state index in [1.165, 1.54) is 0 Å². The zero-order chi connectivity index (χ0) is 4.99. The van der Waals surface area contributed by atoms with Gasteiger partial charge in [-0.15, -0.1) is 24.8 Å². The maximum Gasteiger partial charge on any atom is 0.0136 e. The van der Waals surface area contributed by atoms with Crippen LogP contribution in [0.3, 0.4) is 0 Å². The first kappa shape index (κ1) is 15.8. The SMILES string of the molecule is CNC[C@H](C)N.Cl.Cl. The summed E-state index contributed by atoms with van der Waals surface area (Å²) in [7, 11) is 1.89. The molecular formula is C4H14Cl2N2. The number of hydrogen-bond acceptors (Lipinski definition) is 2. The van der Waals surface area contributed by atoms with Gasteiger partial charge in [-0.2, -0.15) is 0 Å². The molecule has 0 saturated carbocycles. The van der Waals surface area contributed by atoms with Crippen molar-refractivity contribution in [3.63, 3.8) is 0 Å². The van der Waals surface area contributed by atoms with E-state index in [2.05, 4.69) is 5.32 Å². The van der Waals surface area contributed by atoms with E-state index in [0.717, 1.165) is 6.54 Å². The molecule has 0 fully saturated rings. The Bertz CT molecular complexity index is 33.2. The molecular weight excluding hydrogens is 147 g/mol. The lowest BCUT2D eigenvalue weighted by Gasteiger charge is -1.99. The molecule has 0 aliphatic rings. The van der Waals surface area contributed by atoms with Gasteiger partial charge in [0.25, 0.3) is 0 Å². The van der Waals surface area contributed by atoms with E-state index >= 15 is 0 Å². The van der Waals surface area contributed by atoms with E-state index in [1.54, 1.807) is 0 Å². The molecule has 2 nitrogen and oxygen atoms in total. The van der Waals surface area contributed by atoms with Gasteiger partial charge in [-0.25, -0.2) is 0 Å². The van der Waals surface area contributed by atoms with Crippen molar-refractivity contribution in [1.82, 2.24) is 5.32 Å². The first-order chi connectivity index (χ1) is 2.77. The summed E-state index contributed by atoms with van der Waals surface area (Å²) in [5.41, 5.74) is 5.34. The fourth-order valence-electron chi connectivity index (χ4n) is 0.322. The van der Waals surface area contributed by atoms with Gasteiger partial charge in [-0.05, 0) is 14.0 Å². The molecule has 0 saturated heterocycles. The Morgan fingerprint density at radius 3 is 1.88 bits per heavy atom. The van der Waals surface area contributed by atoms with Gasteiger partial charge in [0, 0.05) is 12.6 Å². The number of likely N-dealkylation sites (N-methyl/N-ethyl adjacent to an activating group) is 1. The average Bonchev–Trinajstić information content (AvgIpc) is 1.35. The third-order valence-electron chi connectivity index (χ3n) is 0.526. The van der Waals surface area contributed by atoms with Gasteiger partial charge < -0.3 is 11.1 Å². The van der Waals surface area contributed by atoms with Crippen LogP contribution in [0.15, 0.2) is 0 Å². The number of nitrogens with two attached hydrogens (primary N) is 1. The van der Waals surface area contributed by atoms with Crippen LogP contribution < -0.4 is 11.1 Å². The van der Waals surface area contributed by atoms with Crippen LogP contribution in [0.5, 0.6) is 0 Å². The van der Waals surface area contributed by atoms with Crippen molar-refractivity contribution in [1.29, 1.82) is 0 Å². The van der Waals surface area contributed by atoms with Crippen LogP contribution in [-0.2, 0) is 0 Å². The van der Waals surface area contributed by atoms with Crippen molar-refractivity contribution >= 4 is 24.8 Å². The maximum atomic E-state index is 5.34. The molecule has 0 radical (unpaired) electrons. The molecule has 3 N–H and O–H groups in total. The van der Waals surface area contributed by atoms with Crippen molar-refractivity contribution in [3.05, 3.63) is 0 Å². The highest BCUT2D eigenvalue weighted by Gasteiger charge is 1.84. The number of halogens is 2. The molecule has 0 bridgehead atoms. The highest BCUT2D eigenvalue weighted by atomic mass is 35.5. The Kier molecular flexibility index (Phi) is 20.7. The summed E-state index contributed by atoms with van der Waals surface area (Å²) >= 11 is 0. The Morgan fingerprint density at radius 1 is 1.50 bits per heavy atom. The third kappa shape index (κ3) is 16.1. The molecule has 1 atom stereocenters. The molecule has 4 heteroatoms. The number of hydrogen-bond donors (Lipinski definition) is 2. The Labute approximate surface area is 63.0 Å². The van der Waals surface area contributed by atoms with Gasteiger partial charge in [-0.1, -0.05) is 0 Å². The Hall–Kier alpha value is 0.500. The summed E-state index contributed by atoms with van der Waals surface area (Å²) in [6, 6.07) is 0.287. The first-order valence-electron chi connectivity index (χ1n) is 2.17. The highest BCUT2D eigenvalue weighted by Crippen LogP contribution is 1.63. The lowest BCUT2D eigenvalue weighted by molar-refractivity contribution is 0.666. The second-order valence-corrected chi connectivity index (χ2v) is 1.53. The number of rotatable bonds is 2. The molecule has 0 aliphatic carbocycles. The summed E-state index contributed by atoms with van der Waals surface area (Å²) in [5.74, 6) is 0. The van der Waals surface area contributed by atoms with E-state index < -0.39 is 0 Å². The summed E-state index contributed by atoms with van der Waals surface area (Å²) in [5, 5.41) is 2.94. The van der Waals surface area contributed by atoms with Crippen molar-refractivity contribution in [2.24, 2.45) is 5.73 Å². The quantitative estimate of drug-likeness (QED) is 0.615. The van der Waals surface area contributed by atoms with E-state index in [0.29, 0.717) is 0 Å². The molecule has 0 aromatic heterocycles. The van der Waals surface area contributed by atoms with E-state index in [4.69, 9.17) is 5.73 Å². The molecule has 0 aromatic rings. The first-order valence-corrected chi connectivity index (χ1v) is 2.17. The van der Waals surface area contributed by atoms with Crippen LogP contribution in [0, 0.1) is 0 Å². The van der Waals surface area contributed by atoms with Gasteiger partial charge in [0.1, 0.15) is 0 Å². The van der Waals surface area contributed by atoms with Gasteiger partial charge >= 0.3 is 0 Å². The third-order valence-corrected chi connectivity index (χ3v) is 0.526. The topological polar surface area (TPSA) is 38.0 Å². The van der Waals surface area contributed by atoms with E-state index in [9.17, 15) is 0 Å². The standard InChI is InChI=1S/C4H12N2.2ClH/c1-4(5)3-6-2;;/h4,6H,3,5H2,1-2H3;2*1H/t4-;;/m0../s1. The van der Waals surface area contributed by atoms with Crippen LogP contribution >= 0.6 is 24.8 Å². The van der Waals surface area contributed by atoms with Gasteiger partial charge in [0.2, 0.25) is 0 Å². The molecule has 0 heterocycles. The molecule has 0 unspecified atom stereocenters. The predicted octanol–water partition coefficient (Wildman–Crippen LogP) is 0.397. The van der Waals surface area contributed by atoms with Crippen molar-refractivity contribution < 1.29 is 0 Å². The minimum atomic E-state index is 0. The summed E-state index contributed by atoms with van der Waals surface area (Å²) in [6.45, 7) is 2.87. The molecule has 0 aliphatic heterocycles. The molecule has 0 aromatic carbocycles. The highest BCUT2D eigenvalue weighted by molar-refractivity contribution is 5.85. The van der Waals surface area contributed by atoms with Crippen LogP contribution in [0.1, 0.15) is 6.92 Å². The van der Waals surface area contributed by atoms with Crippen molar-refractivity contribution in [2.45, 2.75) is 13.0 Å². The average molecular weight is 161 g/mol. The van der Waals surface area contributed by atoms with E-state index in [-0.39, 0.29) is 30.9 Å². The van der Waals surface area contributed by atoms with Gasteiger partial charge in [0.05, 0.1) is 0 Å². The molecule has 0 rings (SSSR count). The van der Waals surface area contributed by atoms with Crippen LogP contribution in [0.4, 0.5) is 0 Å². The summed E-state index contributed by atoms with van der Waals surface area (Å²) in [4.78, 5) is 0. The summed E-state index contributed by atoms with van der Waals surface area (Å²) < 4.78 is 0. The van der Waals surface area contributed by atoms with Crippen LogP contribution in [-0.4, -0.2) is 19.6 Å². The molecule has 8 heavy (non-hydrogen) atoms. The second-order valence-electron chi connectivity index (χ2n) is 1.53. The molecule has 54 valence electrons. The molecule has 0 amide bonds. The maximum absolute atomic E-state index is 5.34. The minimum absolute atomic E-state index is 0. The lowest BCUT2D eigenvalue weighted by Crippen LogP contribution is -2.28. The zero-order valence-electron chi connectivity index (χ0n) is 5.18. The summed E-state index contributed by atoms with van der Waals surface area (Å²) in [6.07, 6.45) is 0.